The number of amides is 1. The molecule has 0 aliphatic heterocycles. The molecular formula is C22H26F2N2O4S. The molecule has 0 radical (unpaired) electrons. The molecule has 0 aromatic heterocycles. The van der Waals surface area contributed by atoms with Crippen LogP contribution >= 0.6 is 0 Å². The molecule has 0 spiro atoms. The van der Waals surface area contributed by atoms with Crippen molar-refractivity contribution in [3.63, 3.8) is 0 Å². The fourth-order valence-corrected chi connectivity index (χ4v) is 4.80. The summed E-state index contributed by atoms with van der Waals surface area (Å²) >= 11 is 0. The highest BCUT2D eigenvalue weighted by Gasteiger charge is 2.23. The highest BCUT2D eigenvalue weighted by atomic mass is 32.2. The van der Waals surface area contributed by atoms with Crippen molar-refractivity contribution in [1.82, 2.24) is 5.32 Å². The molecule has 2 aromatic carbocycles. The molecule has 31 heavy (non-hydrogen) atoms. The highest BCUT2D eigenvalue weighted by Crippen LogP contribution is 2.32. The molecule has 0 bridgehead atoms. The first-order chi connectivity index (χ1) is 14.7. The first-order valence-corrected chi connectivity index (χ1v) is 11.9. The number of methoxy groups -OCH3 is 1. The minimum atomic E-state index is -3.72. The first kappa shape index (κ1) is 23.0. The Hall–Kier alpha value is -2.68. The minimum Gasteiger partial charge on any atom is -0.497 e. The van der Waals surface area contributed by atoms with E-state index >= 15 is 0 Å². The molecule has 9 heteroatoms. The summed E-state index contributed by atoms with van der Waals surface area (Å²) in [5.41, 5.74) is 2.24. The molecule has 1 atom stereocenters. The second-order valence-electron chi connectivity index (χ2n) is 7.61. The van der Waals surface area contributed by atoms with Crippen molar-refractivity contribution in [2.24, 2.45) is 0 Å². The number of nitrogens with one attached hydrogen (secondary N) is 1. The van der Waals surface area contributed by atoms with Gasteiger partial charge in [-0.25, -0.2) is 17.2 Å². The SMILES string of the molecule is COc1ccc2c(c1)CCCC2NC(=O)CCCN(c1ccc(F)c(F)c1)S(C)(=O)=O. The number of rotatable bonds is 8. The van der Waals surface area contributed by atoms with E-state index in [-0.39, 0.29) is 37.0 Å². The zero-order valence-electron chi connectivity index (χ0n) is 17.5. The van der Waals surface area contributed by atoms with Gasteiger partial charge in [0, 0.05) is 19.0 Å². The summed E-state index contributed by atoms with van der Waals surface area (Å²) in [5.74, 6) is -1.59. The van der Waals surface area contributed by atoms with Crippen LogP contribution < -0.4 is 14.4 Å². The van der Waals surface area contributed by atoms with Gasteiger partial charge in [0.2, 0.25) is 15.9 Å². The molecule has 0 fully saturated rings. The molecule has 3 rings (SSSR count). The number of halogens is 2. The average molecular weight is 453 g/mol. The van der Waals surface area contributed by atoms with Crippen molar-refractivity contribution < 1.29 is 26.7 Å². The van der Waals surface area contributed by atoms with Gasteiger partial charge in [0.05, 0.1) is 25.1 Å². The number of hydrogen-bond acceptors (Lipinski definition) is 4. The van der Waals surface area contributed by atoms with Gasteiger partial charge in [0.1, 0.15) is 5.75 Å². The van der Waals surface area contributed by atoms with E-state index in [2.05, 4.69) is 5.32 Å². The minimum absolute atomic E-state index is 0.0181. The van der Waals surface area contributed by atoms with Gasteiger partial charge in [-0.2, -0.15) is 0 Å². The van der Waals surface area contributed by atoms with Crippen LogP contribution in [0.4, 0.5) is 14.5 Å². The predicted octanol–water partition coefficient (Wildman–Crippen LogP) is 3.71. The smallest absolute Gasteiger partial charge is 0.232 e. The Bertz CT molecular complexity index is 1060. The number of aryl methyl sites for hydroxylation is 1. The van der Waals surface area contributed by atoms with Crippen molar-refractivity contribution in [3.05, 3.63) is 59.2 Å². The van der Waals surface area contributed by atoms with Gasteiger partial charge in [0.15, 0.2) is 11.6 Å². The van der Waals surface area contributed by atoms with E-state index in [0.29, 0.717) is 0 Å². The Kier molecular flexibility index (Phi) is 7.15. The molecular weight excluding hydrogens is 426 g/mol. The Balaban J connectivity index is 1.61. The van der Waals surface area contributed by atoms with Crippen LogP contribution in [0, 0.1) is 11.6 Å². The Morgan fingerprint density at radius 3 is 2.65 bits per heavy atom. The van der Waals surface area contributed by atoms with E-state index in [1.807, 2.05) is 18.2 Å². The van der Waals surface area contributed by atoms with Crippen LogP contribution in [-0.2, 0) is 21.2 Å². The van der Waals surface area contributed by atoms with E-state index in [1.165, 1.54) is 6.07 Å². The van der Waals surface area contributed by atoms with E-state index in [0.717, 1.165) is 58.8 Å². The summed E-state index contributed by atoms with van der Waals surface area (Å²) in [5, 5.41) is 3.02. The molecule has 1 N–H and O–H groups in total. The maximum absolute atomic E-state index is 13.5. The van der Waals surface area contributed by atoms with E-state index in [1.54, 1.807) is 7.11 Å². The normalized spacial score (nSPS) is 15.8. The second-order valence-corrected chi connectivity index (χ2v) is 9.52. The van der Waals surface area contributed by atoms with Gasteiger partial charge in [-0.3, -0.25) is 9.10 Å². The Morgan fingerprint density at radius 1 is 1.19 bits per heavy atom. The largest absolute Gasteiger partial charge is 0.497 e. The van der Waals surface area contributed by atoms with Crippen LogP contribution in [-0.4, -0.2) is 34.2 Å². The van der Waals surface area contributed by atoms with Crippen molar-refractivity contribution in [2.45, 2.75) is 38.1 Å². The van der Waals surface area contributed by atoms with Gasteiger partial charge in [-0.1, -0.05) is 6.07 Å². The van der Waals surface area contributed by atoms with Crippen molar-refractivity contribution in [3.8, 4) is 5.75 Å². The van der Waals surface area contributed by atoms with Gasteiger partial charge in [0.25, 0.3) is 0 Å². The molecule has 6 nitrogen and oxygen atoms in total. The fourth-order valence-electron chi connectivity index (χ4n) is 3.84. The summed E-state index contributed by atoms with van der Waals surface area (Å²) in [6.07, 6.45) is 4.04. The second kappa shape index (κ2) is 9.64. The number of benzene rings is 2. The number of hydrogen-bond donors (Lipinski definition) is 1. The number of nitrogens with zero attached hydrogens (tertiary/aromatic N) is 1. The number of fused-ring (bicyclic) bond motifs is 1. The lowest BCUT2D eigenvalue weighted by Gasteiger charge is -2.27. The van der Waals surface area contributed by atoms with Crippen LogP contribution in [0.25, 0.3) is 0 Å². The number of carbonyl (C=O) groups excluding carboxylic acids is 1. The van der Waals surface area contributed by atoms with Crippen LogP contribution in [0.1, 0.15) is 42.9 Å². The summed E-state index contributed by atoms with van der Waals surface area (Å²) in [6.45, 7) is -0.0181. The lowest BCUT2D eigenvalue weighted by molar-refractivity contribution is -0.122. The molecule has 1 amide bonds. The van der Waals surface area contributed by atoms with Gasteiger partial charge >= 0.3 is 0 Å². The molecule has 2 aromatic rings. The van der Waals surface area contributed by atoms with E-state index < -0.39 is 21.7 Å². The van der Waals surface area contributed by atoms with Gasteiger partial charge in [-0.05, 0) is 61.1 Å². The molecule has 1 unspecified atom stereocenters. The standard InChI is InChI=1S/C22H26F2N2O4S/c1-30-17-9-10-18-15(13-17)5-3-6-21(18)25-22(27)7-4-12-26(31(2,28)29)16-8-11-19(23)20(24)14-16/h8-11,13-14,21H,3-7,12H2,1-2H3,(H,25,27). The molecule has 0 saturated heterocycles. The van der Waals surface area contributed by atoms with E-state index in [9.17, 15) is 22.0 Å². The average Bonchev–Trinajstić information content (AvgIpc) is 2.72. The summed E-state index contributed by atoms with van der Waals surface area (Å²) in [7, 11) is -2.10. The fraction of sp³-hybridized carbons (Fsp3) is 0.409. The summed E-state index contributed by atoms with van der Waals surface area (Å²) in [6, 6.07) is 8.64. The Morgan fingerprint density at radius 2 is 1.97 bits per heavy atom. The number of ether oxygens (including phenoxy) is 1. The van der Waals surface area contributed by atoms with Crippen LogP contribution in [0.3, 0.4) is 0 Å². The molecule has 0 heterocycles. The van der Waals surface area contributed by atoms with Crippen LogP contribution in [0.15, 0.2) is 36.4 Å². The predicted molar refractivity (Wildman–Crippen MR) is 115 cm³/mol. The van der Waals surface area contributed by atoms with Gasteiger partial charge in [-0.15, -0.1) is 0 Å². The number of sulfonamides is 1. The zero-order valence-corrected chi connectivity index (χ0v) is 18.3. The number of anilines is 1. The van der Waals surface area contributed by atoms with Crippen molar-refractivity contribution in [1.29, 1.82) is 0 Å². The third-order valence-corrected chi connectivity index (χ3v) is 6.55. The summed E-state index contributed by atoms with van der Waals surface area (Å²) < 4.78 is 57.2. The van der Waals surface area contributed by atoms with Crippen LogP contribution in [0.2, 0.25) is 0 Å². The highest BCUT2D eigenvalue weighted by molar-refractivity contribution is 7.92. The third kappa shape index (κ3) is 5.72. The maximum atomic E-state index is 13.5. The molecule has 1 aliphatic carbocycles. The first-order valence-electron chi connectivity index (χ1n) is 10.1. The van der Waals surface area contributed by atoms with Crippen molar-refractivity contribution >= 4 is 21.6 Å². The lowest BCUT2D eigenvalue weighted by atomic mass is 9.87. The monoisotopic (exact) mass is 452 g/mol. The lowest BCUT2D eigenvalue weighted by Crippen LogP contribution is -2.33. The zero-order chi connectivity index (χ0) is 22.6. The third-order valence-electron chi connectivity index (χ3n) is 5.36. The number of carbonyl (C=O) groups is 1. The molecule has 0 saturated carbocycles. The summed E-state index contributed by atoms with van der Waals surface area (Å²) in [4.78, 5) is 12.5. The molecule has 168 valence electrons. The van der Waals surface area contributed by atoms with Gasteiger partial charge < -0.3 is 10.1 Å². The Labute approximate surface area is 181 Å². The quantitative estimate of drug-likeness (QED) is 0.663. The van der Waals surface area contributed by atoms with Crippen LogP contribution in [0.5, 0.6) is 5.75 Å². The maximum Gasteiger partial charge on any atom is 0.232 e. The van der Waals surface area contributed by atoms with Crippen molar-refractivity contribution in [2.75, 3.05) is 24.2 Å². The topological polar surface area (TPSA) is 75.7 Å². The molecule has 1 aliphatic rings. The van der Waals surface area contributed by atoms with E-state index in [4.69, 9.17) is 4.74 Å².